The number of ether oxygens (including phenoxy) is 1. The van der Waals surface area contributed by atoms with Crippen molar-refractivity contribution in [3.8, 4) is 0 Å². The summed E-state index contributed by atoms with van der Waals surface area (Å²) < 4.78 is 5.80. The van der Waals surface area contributed by atoms with Crippen molar-refractivity contribution in [2.75, 3.05) is 19.7 Å². The number of halogens is 1. The van der Waals surface area contributed by atoms with Crippen molar-refractivity contribution in [3.63, 3.8) is 0 Å². The summed E-state index contributed by atoms with van der Waals surface area (Å²) >= 11 is 6.07. The maximum absolute atomic E-state index is 6.07. The van der Waals surface area contributed by atoms with E-state index in [2.05, 4.69) is 31.3 Å². The molecule has 1 N–H and O–H groups in total. The highest BCUT2D eigenvalue weighted by molar-refractivity contribution is 6.30. The fourth-order valence-corrected chi connectivity index (χ4v) is 2.99. The lowest BCUT2D eigenvalue weighted by Gasteiger charge is -2.32. The van der Waals surface area contributed by atoms with E-state index in [9.17, 15) is 0 Å². The van der Waals surface area contributed by atoms with Crippen LogP contribution >= 0.6 is 11.6 Å². The predicted molar refractivity (Wildman–Crippen MR) is 76.2 cm³/mol. The van der Waals surface area contributed by atoms with Crippen molar-refractivity contribution in [1.29, 1.82) is 0 Å². The van der Waals surface area contributed by atoms with Gasteiger partial charge in [0.15, 0.2) is 0 Å². The number of benzene rings is 1. The van der Waals surface area contributed by atoms with Gasteiger partial charge in [0.1, 0.15) is 0 Å². The second kappa shape index (κ2) is 6.05. The highest BCUT2D eigenvalue weighted by Gasteiger charge is 2.40. The molecule has 2 nitrogen and oxygen atoms in total. The lowest BCUT2D eigenvalue weighted by Crippen LogP contribution is -2.41. The largest absolute Gasteiger partial charge is 0.378 e. The summed E-state index contributed by atoms with van der Waals surface area (Å²) in [5.74, 6) is 0. The highest BCUT2D eigenvalue weighted by Crippen LogP contribution is 2.38. The van der Waals surface area contributed by atoms with E-state index >= 15 is 0 Å². The molecule has 100 valence electrons. The Morgan fingerprint density at radius 1 is 1.50 bits per heavy atom. The van der Waals surface area contributed by atoms with Gasteiger partial charge in [0.05, 0.1) is 6.10 Å². The van der Waals surface area contributed by atoms with Crippen LogP contribution < -0.4 is 5.32 Å². The minimum absolute atomic E-state index is 0.209. The Hall–Kier alpha value is -0.570. The van der Waals surface area contributed by atoms with E-state index in [1.54, 1.807) is 0 Å². The van der Waals surface area contributed by atoms with Crippen LogP contribution in [0.15, 0.2) is 24.3 Å². The van der Waals surface area contributed by atoms with Crippen molar-refractivity contribution in [3.05, 3.63) is 34.9 Å². The molecule has 1 fully saturated rings. The third-order valence-electron chi connectivity index (χ3n) is 4.00. The van der Waals surface area contributed by atoms with Crippen molar-refractivity contribution >= 4 is 11.6 Å². The fourth-order valence-electron chi connectivity index (χ4n) is 2.77. The first-order chi connectivity index (χ1) is 8.66. The van der Waals surface area contributed by atoms with Crippen LogP contribution in [0.4, 0.5) is 0 Å². The quantitative estimate of drug-likeness (QED) is 0.884. The molecule has 1 heterocycles. The van der Waals surface area contributed by atoms with Crippen LogP contribution in [-0.2, 0) is 11.2 Å². The lowest BCUT2D eigenvalue weighted by molar-refractivity contribution is 0.0633. The molecule has 0 bridgehead atoms. The van der Waals surface area contributed by atoms with E-state index < -0.39 is 0 Å². The molecule has 1 aromatic carbocycles. The Bertz CT molecular complexity index is 396. The molecule has 0 spiro atoms. The Morgan fingerprint density at radius 3 is 2.94 bits per heavy atom. The molecule has 1 aliphatic heterocycles. The van der Waals surface area contributed by atoms with Gasteiger partial charge in [-0.05, 0) is 44.0 Å². The van der Waals surface area contributed by atoms with Gasteiger partial charge in [0, 0.05) is 23.6 Å². The zero-order chi connectivity index (χ0) is 13.0. The molecule has 1 aliphatic rings. The van der Waals surface area contributed by atoms with E-state index in [4.69, 9.17) is 16.3 Å². The van der Waals surface area contributed by atoms with Crippen LogP contribution in [0, 0.1) is 5.41 Å². The number of nitrogens with one attached hydrogen (secondary N) is 1. The van der Waals surface area contributed by atoms with E-state index in [0.717, 1.165) is 37.6 Å². The number of hydrogen-bond acceptors (Lipinski definition) is 2. The monoisotopic (exact) mass is 267 g/mol. The minimum Gasteiger partial charge on any atom is -0.378 e. The van der Waals surface area contributed by atoms with E-state index in [0.29, 0.717) is 6.10 Å². The fraction of sp³-hybridized carbons (Fsp3) is 0.600. The summed E-state index contributed by atoms with van der Waals surface area (Å²) in [5.41, 5.74) is 1.51. The van der Waals surface area contributed by atoms with E-state index in [1.807, 2.05) is 12.1 Å². The van der Waals surface area contributed by atoms with Crippen LogP contribution in [0.3, 0.4) is 0 Å². The van der Waals surface area contributed by atoms with Crippen molar-refractivity contribution in [2.24, 2.45) is 5.41 Å². The molecule has 1 saturated heterocycles. The molecule has 3 heteroatoms. The van der Waals surface area contributed by atoms with Crippen molar-refractivity contribution in [2.45, 2.75) is 32.8 Å². The first-order valence-electron chi connectivity index (χ1n) is 6.73. The summed E-state index contributed by atoms with van der Waals surface area (Å²) in [4.78, 5) is 0. The Labute approximate surface area is 115 Å². The average molecular weight is 268 g/mol. The van der Waals surface area contributed by atoms with Crippen molar-refractivity contribution < 1.29 is 4.74 Å². The number of rotatable bonds is 5. The second-order valence-corrected chi connectivity index (χ2v) is 5.65. The van der Waals surface area contributed by atoms with Gasteiger partial charge in [0.25, 0.3) is 0 Å². The SMILES string of the molecule is CCNCC1(Cc2cccc(Cl)c2)CCOC1C. The molecule has 2 rings (SSSR count). The second-order valence-electron chi connectivity index (χ2n) is 5.21. The minimum atomic E-state index is 0.209. The summed E-state index contributed by atoms with van der Waals surface area (Å²) in [5, 5.41) is 4.30. The van der Waals surface area contributed by atoms with Crippen LogP contribution in [-0.4, -0.2) is 25.8 Å². The average Bonchev–Trinajstić information content (AvgIpc) is 2.69. The molecular formula is C15H22ClNO. The summed E-state index contributed by atoms with van der Waals surface area (Å²) in [7, 11) is 0. The highest BCUT2D eigenvalue weighted by atomic mass is 35.5. The molecule has 0 amide bonds. The molecule has 0 aromatic heterocycles. The third kappa shape index (κ3) is 3.05. The third-order valence-corrected chi connectivity index (χ3v) is 4.24. The van der Waals surface area contributed by atoms with Gasteiger partial charge in [0.2, 0.25) is 0 Å². The van der Waals surface area contributed by atoms with Gasteiger partial charge in [-0.1, -0.05) is 30.7 Å². The normalized spacial score (nSPS) is 27.6. The zero-order valence-corrected chi connectivity index (χ0v) is 12.0. The van der Waals surface area contributed by atoms with E-state index in [-0.39, 0.29) is 5.41 Å². The Kier molecular flexibility index (Phi) is 4.66. The number of hydrogen-bond donors (Lipinski definition) is 1. The Morgan fingerprint density at radius 2 is 2.33 bits per heavy atom. The maximum Gasteiger partial charge on any atom is 0.0619 e. The molecule has 0 aliphatic carbocycles. The van der Waals surface area contributed by atoms with Gasteiger partial charge < -0.3 is 10.1 Å². The molecule has 18 heavy (non-hydrogen) atoms. The van der Waals surface area contributed by atoms with Gasteiger partial charge >= 0.3 is 0 Å². The summed E-state index contributed by atoms with van der Waals surface area (Å²) in [6, 6.07) is 8.18. The van der Waals surface area contributed by atoms with Crippen LogP contribution in [0.25, 0.3) is 0 Å². The van der Waals surface area contributed by atoms with E-state index in [1.165, 1.54) is 5.56 Å². The first kappa shape index (κ1) is 13.9. The van der Waals surface area contributed by atoms with Gasteiger partial charge in [-0.15, -0.1) is 0 Å². The first-order valence-corrected chi connectivity index (χ1v) is 7.11. The summed E-state index contributed by atoms with van der Waals surface area (Å²) in [6.45, 7) is 7.22. The predicted octanol–water partition coefficient (Wildman–Crippen LogP) is 3.29. The molecule has 2 unspecified atom stereocenters. The Balaban J connectivity index is 2.14. The maximum atomic E-state index is 6.07. The van der Waals surface area contributed by atoms with Crippen molar-refractivity contribution in [1.82, 2.24) is 5.32 Å². The van der Waals surface area contributed by atoms with Gasteiger partial charge in [-0.3, -0.25) is 0 Å². The summed E-state index contributed by atoms with van der Waals surface area (Å²) in [6.07, 6.45) is 2.45. The molecule has 0 saturated carbocycles. The lowest BCUT2D eigenvalue weighted by atomic mass is 9.76. The van der Waals surface area contributed by atoms with Crippen LogP contribution in [0.1, 0.15) is 25.8 Å². The standard InChI is InChI=1S/C15H22ClNO/c1-3-17-11-15(7-8-18-12(15)2)10-13-5-4-6-14(16)9-13/h4-6,9,12,17H,3,7-8,10-11H2,1-2H3. The van der Waals surface area contributed by atoms with Crippen LogP contribution in [0.2, 0.25) is 5.02 Å². The smallest absolute Gasteiger partial charge is 0.0619 e. The van der Waals surface area contributed by atoms with Gasteiger partial charge in [-0.2, -0.15) is 0 Å². The zero-order valence-electron chi connectivity index (χ0n) is 11.2. The van der Waals surface area contributed by atoms with Crippen LogP contribution in [0.5, 0.6) is 0 Å². The molecule has 0 radical (unpaired) electrons. The topological polar surface area (TPSA) is 21.3 Å². The molecule has 2 atom stereocenters. The molecule has 1 aromatic rings. The van der Waals surface area contributed by atoms with Gasteiger partial charge in [-0.25, -0.2) is 0 Å². The molecular weight excluding hydrogens is 246 g/mol.